The quantitative estimate of drug-likeness (QED) is 0.152. The van der Waals surface area contributed by atoms with Crippen molar-refractivity contribution in [2.24, 2.45) is 0 Å². The van der Waals surface area contributed by atoms with Crippen molar-refractivity contribution in [1.82, 2.24) is 0 Å². The lowest BCUT2D eigenvalue weighted by Gasteiger charge is -2.17. The van der Waals surface area contributed by atoms with Gasteiger partial charge in [0, 0.05) is 45.2 Å². The number of hydrogen-bond acceptors (Lipinski definition) is 2. The van der Waals surface area contributed by atoms with Gasteiger partial charge in [-0.2, -0.15) is 0 Å². The van der Waals surface area contributed by atoms with Crippen molar-refractivity contribution in [2.45, 2.75) is 23.7 Å². The van der Waals surface area contributed by atoms with Gasteiger partial charge in [-0.15, -0.1) is 0 Å². The first kappa shape index (κ1) is 62.3. The van der Waals surface area contributed by atoms with E-state index in [1.54, 1.807) is 0 Å². The van der Waals surface area contributed by atoms with Crippen molar-refractivity contribution in [3.05, 3.63) is 455 Å². The Morgan fingerprint density at radius 2 is 0.473 bits per heavy atom. The summed E-state index contributed by atoms with van der Waals surface area (Å²) in [5, 5.41) is 9.73. The molecule has 0 amide bonds. The normalized spacial score (nSPS) is 15.3. The Kier molecular flexibility index (Phi) is 14.1. The Morgan fingerprint density at radius 1 is 0.145 bits per heavy atom. The third-order valence-electron chi connectivity index (χ3n) is 24.4. The summed E-state index contributed by atoms with van der Waals surface area (Å²) in [5.41, 5.74) is 40.2. The van der Waals surface area contributed by atoms with Gasteiger partial charge in [-0.3, -0.25) is 0 Å². The Labute approximate surface area is 637 Å². The number of fused-ring (bicyclic) bond motifs is 20. The first-order valence-electron chi connectivity index (χ1n) is 38.4. The van der Waals surface area contributed by atoms with E-state index in [1.165, 1.54) is 188 Å². The SMILES string of the molecule is c1ccc(-c2cccc(C3c4ccccc4-c4cc(-c5ccc6c(c5)-c5cc7c(cc5C6c5ccc6ccccc6c5)oc5ccccc57)ccc43)c2)cc1.c1ccc(-c2cccc(C3c4ccccc4-c4cc(-c5ccc6c(c5)-c5cc7oc8ccccc8c7cc5C6c5ccc6ccccc6c5)ccc43)c2)cc1. The summed E-state index contributed by atoms with van der Waals surface area (Å²) in [5.74, 6) is 0.608. The molecule has 0 aliphatic heterocycles. The largest absolute Gasteiger partial charge is 0.456 e. The maximum atomic E-state index is 6.47. The van der Waals surface area contributed by atoms with E-state index in [4.69, 9.17) is 8.83 Å². The Balaban J connectivity index is 0.000000132. The fourth-order valence-electron chi connectivity index (χ4n) is 19.3. The number of para-hydroxylation sites is 2. The highest BCUT2D eigenvalue weighted by Crippen LogP contribution is 2.57. The highest BCUT2D eigenvalue weighted by Gasteiger charge is 2.37. The van der Waals surface area contributed by atoms with Crippen molar-refractivity contribution >= 4 is 65.4 Å². The molecule has 512 valence electrons. The Bertz CT molecular complexity index is 7180. The molecule has 2 nitrogen and oxygen atoms in total. The highest BCUT2D eigenvalue weighted by molar-refractivity contribution is 6.09. The van der Waals surface area contributed by atoms with Gasteiger partial charge >= 0.3 is 0 Å². The van der Waals surface area contributed by atoms with E-state index in [2.05, 4.69) is 388 Å². The minimum Gasteiger partial charge on any atom is -0.456 e. The van der Waals surface area contributed by atoms with Crippen LogP contribution in [-0.2, 0) is 0 Å². The lowest BCUT2D eigenvalue weighted by molar-refractivity contribution is 0.668. The smallest absolute Gasteiger partial charge is 0.136 e. The molecule has 24 rings (SSSR count). The van der Waals surface area contributed by atoms with Gasteiger partial charge in [-0.05, 0) is 238 Å². The molecule has 4 unspecified atom stereocenters. The summed E-state index contributed by atoms with van der Waals surface area (Å²) in [6.07, 6.45) is 0. The molecule has 20 aromatic rings. The maximum absolute atomic E-state index is 6.47. The predicted octanol–water partition coefficient (Wildman–Crippen LogP) is 28.8. The summed E-state index contributed by atoms with van der Waals surface area (Å²) in [6, 6.07) is 144. The summed E-state index contributed by atoms with van der Waals surface area (Å²) < 4.78 is 12.9. The molecule has 0 saturated heterocycles. The van der Waals surface area contributed by atoms with Crippen LogP contribution in [0.5, 0.6) is 0 Å². The van der Waals surface area contributed by atoms with Crippen LogP contribution in [0.15, 0.2) is 397 Å². The molecule has 4 aliphatic rings. The van der Waals surface area contributed by atoms with Crippen molar-refractivity contribution in [3.63, 3.8) is 0 Å². The van der Waals surface area contributed by atoms with Crippen LogP contribution in [-0.4, -0.2) is 0 Å². The lowest BCUT2D eigenvalue weighted by Crippen LogP contribution is -2.00. The summed E-state index contributed by atoms with van der Waals surface area (Å²) in [4.78, 5) is 0. The Hall–Kier alpha value is -13.9. The average Bonchev–Trinajstić information content (AvgIpc) is 1.58. The monoisotopic (exact) mass is 1400 g/mol. The molecule has 4 aliphatic carbocycles. The topological polar surface area (TPSA) is 26.3 Å². The van der Waals surface area contributed by atoms with Crippen LogP contribution in [0.25, 0.3) is 154 Å². The number of hydrogen-bond donors (Lipinski definition) is 0. The van der Waals surface area contributed by atoms with Gasteiger partial charge in [0.1, 0.15) is 22.3 Å². The van der Waals surface area contributed by atoms with E-state index in [9.17, 15) is 0 Å². The van der Waals surface area contributed by atoms with Gasteiger partial charge in [0.2, 0.25) is 0 Å². The van der Waals surface area contributed by atoms with Crippen molar-refractivity contribution in [3.8, 4) is 89.0 Å². The third-order valence-corrected chi connectivity index (χ3v) is 24.4. The average molecular weight is 1400 g/mol. The molecule has 0 radical (unpaired) electrons. The first-order valence-corrected chi connectivity index (χ1v) is 38.4. The van der Waals surface area contributed by atoms with Crippen molar-refractivity contribution in [1.29, 1.82) is 0 Å². The van der Waals surface area contributed by atoms with Gasteiger partial charge < -0.3 is 8.83 Å². The molecule has 0 spiro atoms. The van der Waals surface area contributed by atoms with E-state index in [0.29, 0.717) is 0 Å². The Morgan fingerprint density at radius 3 is 0.955 bits per heavy atom. The van der Waals surface area contributed by atoms with Gasteiger partial charge in [0.15, 0.2) is 0 Å². The van der Waals surface area contributed by atoms with E-state index in [0.717, 1.165) is 33.1 Å². The fourth-order valence-corrected chi connectivity index (χ4v) is 19.3. The van der Waals surface area contributed by atoms with Gasteiger partial charge in [0.05, 0.1) is 0 Å². The summed E-state index contributed by atoms with van der Waals surface area (Å²) in [7, 11) is 0. The molecular weight excluding hydrogens is 1330 g/mol. The molecule has 2 heteroatoms. The zero-order valence-electron chi connectivity index (χ0n) is 60.1. The van der Waals surface area contributed by atoms with Crippen molar-refractivity contribution < 1.29 is 8.83 Å². The second-order valence-electron chi connectivity index (χ2n) is 30.4. The molecule has 4 atom stereocenters. The zero-order chi connectivity index (χ0) is 72.1. The van der Waals surface area contributed by atoms with Crippen LogP contribution >= 0.6 is 0 Å². The van der Waals surface area contributed by atoms with Crippen molar-refractivity contribution in [2.75, 3.05) is 0 Å². The number of furan rings is 2. The number of rotatable bonds is 8. The molecule has 0 saturated carbocycles. The van der Waals surface area contributed by atoms with E-state index < -0.39 is 0 Å². The zero-order valence-corrected chi connectivity index (χ0v) is 60.1. The molecule has 2 heterocycles. The lowest BCUT2D eigenvalue weighted by atomic mass is 9.86. The van der Waals surface area contributed by atoms with Gasteiger partial charge in [-0.25, -0.2) is 0 Å². The van der Waals surface area contributed by atoms with Gasteiger partial charge in [0.25, 0.3) is 0 Å². The minimum atomic E-state index is 0.112. The van der Waals surface area contributed by atoms with E-state index in [-0.39, 0.29) is 23.7 Å². The second-order valence-corrected chi connectivity index (χ2v) is 30.4. The maximum Gasteiger partial charge on any atom is 0.136 e. The molecule has 18 aromatic carbocycles. The molecule has 0 N–H and O–H groups in total. The van der Waals surface area contributed by atoms with Crippen LogP contribution in [0, 0.1) is 0 Å². The van der Waals surface area contributed by atoms with E-state index >= 15 is 0 Å². The summed E-state index contributed by atoms with van der Waals surface area (Å²) in [6.45, 7) is 0. The molecule has 110 heavy (non-hydrogen) atoms. The van der Waals surface area contributed by atoms with Crippen LogP contribution in [0.1, 0.15) is 90.4 Å². The molecule has 2 aromatic heterocycles. The first-order chi connectivity index (χ1) is 54.5. The second kappa shape index (κ2) is 24.8. The van der Waals surface area contributed by atoms with E-state index in [1.807, 2.05) is 0 Å². The van der Waals surface area contributed by atoms with Crippen LogP contribution in [0.4, 0.5) is 0 Å². The van der Waals surface area contributed by atoms with Gasteiger partial charge in [-0.1, -0.05) is 328 Å². The number of benzene rings is 18. The molecular formula is C108H68O2. The molecule has 0 fully saturated rings. The van der Waals surface area contributed by atoms with Crippen LogP contribution < -0.4 is 0 Å². The molecule has 0 bridgehead atoms. The summed E-state index contributed by atoms with van der Waals surface area (Å²) >= 11 is 0. The fraction of sp³-hybridized carbons (Fsp3) is 0.0370. The standard InChI is InChI=1S/2C54H34O/c1-2-11-33(12-3-1)36-15-10-16-39(27-36)53-43-19-7-6-17-41(43)46-29-37(23-25-44(46)53)38-24-26-45-47(30-38)48-32-52-49(42-18-8-9-20-51(42)55-52)31-50(48)54(45)40-22-21-34-13-4-5-14-35(34)28-40;1-2-11-33(12-3-1)36-15-10-16-39(27-36)53-43-19-7-6-17-41(43)46-29-37(23-25-44(46)53)38-24-26-45-47(30-38)48-31-49-42-18-8-9-20-51(42)55-52(49)32-50(48)54(45)40-22-21-34-13-4-5-14-35(34)28-40/h2*1-32,53-54H. The van der Waals surface area contributed by atoms with Crippen LogP contribution in [0.3, 0.4) is 0 Å². The third kappa shape index (κ3) is 9.96. The predicted molar refractivity (Wildman–Crippen MR) is 455 cm³/mol. The van der Waals surface area contributed by atoms with Crippen LogP contribution in [0.2, 0.25) is 0 Å². The minimum absolute atomic E-state index is 0.112. The highest BCUT2D eigenvalue weighted by atomic mass is 16.3.